The predicted octanol–water partition coefficient (Wildman–Crippen LogP) is 1.23. The number of nitrogens with two attached hydrogens (primary N) is 1. The van der Waals surface area contributed by atoms with Gasteiger partial charge < -0.3 is 5.73 Å². The standard InChI is InChI=1S/C14H22N2O2S/c1-12-7-9-16(14(12)11-15)19(17,18)10-8-13-5-3-2-4-6-13/h2-6,12,14H,7-11,15H2,1H3. The van der Waals surface area contributed by atoms with Gasteiger partial charge in [0.25, 0.3) is 0 Å². The van der Waals surface area contributed by atoms with Crippen molar-refractivity contribution in [1.29, 1.82) is 0 Å². The fourth-order valence-electron chi connectivity index (χ4n) is 2.68. The van der Waals surface area contributed by atoms with Crippen LogP contribution in [0, 0.1) is 5.92 Å². The van der Waals surface area contributed by atoms with E-state index in [1.807, 2.05) is 30.3 Å². The summed E-state index contributed by atoms with van der Waals surface area (Å²) in [7, 11) is -3.20. The van der Waals surface area contributed by atoms with Crippen molar-refractivity contribution in [2.75, 3.05) is 18.8 Å². The molecule has 0 spiro atoms. The Labute approximate surface area is 115 Å². The molecule has 2 N–H and O–H groups in total. The molecule has 2 atom stereocenters. The molecule has 0 bridgehead atoms. The highest BCUT2D eigenvalue weighted by Gasteiger charge is 2.37. The van der Waals surface area contributed by atoms with Gasteiger partial charge in [0.1, 0.15) is 0 Å². The molecule has 19 heavy (non-hydrogen) atoms. The minimum absolute atomic E-state index is 0.0271. The number of aryl methyl sites for hydroxylation is 1. The van der Waals surface area contributed by atoms with Gasteiger partial charge in [-0.2, -0.15) is 4.31 Å². The molecule has 1 fully saturated rings. The van der Waals surface area contributed by atoms with Crippen LogP contribution in [0.2, 0.25) is 0 Å². The van der Waals surface area contributed by atoms with Crippen LogP contribution in [0.4, 0.5) is 0 Å². The molecule has 2 rings (SSSR count). The number of benzene rings is 1. The third kappa shape index (κ3) is 3.35. The van der Waals surface area contributed by atoms with E-state index in [9.17, 15) is 8.42 Å². The highest BCUT2D eigenvalue weighted by molar-refractivity contribution is 7.89. The Balaban J connectivity index is 2.03. The van der Waals surface area contributed by atoms with E-state index in [0.29, 0.717) is 25.4 Å². The molecule has 1 saturated heterocycles. The summed E-state index contributed by atoms with van der Waals surface area (Å²) in [5, 5.41) is 0. The Kier molecular flexibility index (Phi) is 4.60. The van der Waals surface area contributed by atoms with Crippen molar-refractivity contribution >= 4 is 10.0 Å². The summed E-state index contributed by atoms with van der Waals surface area (Å²) in [4.78, 5) is 0. The molecule has 0 radical (unpaired) electrons. The Morgan fingerprint density at radius 3 is 2.63 bits per heavy atom. The van der Waals surface area contributed by atoms with Gasteiger partial charge in [0.15, 0.2) is 0 Å². The molecule has 1 aliphatic heterocycles. The Bertz CT molecular complexity index is 501. The lowest BCUT2D eigenvalue weighted by Crippen LogP contribution is -2.43. The summed E-state index contributed by atoms with van der Waals surface area (Å²) >= 11 is 0. The van der Waals surface area contributed by atoms with Crippen LogP contribution in [-0.2, 0) is 16.4 Å². The maximum absolute atomic E-state index is 12.4. The van der Waals surface area contributed by atoms with Gasteiger partial charge in [-0.05, 0) is 24.3 Å². The normalized spacial score (nSPS) is 24.7. The Hall–Kier alpha value is -0.910. The number of hydrogen-bond donors (Lipinski definition) is 1. The van der Waals surface area contributed by atoms with Crippen LogP contribution in [0.25, 0.3) is 0 Å². The van der Waals surface area contributed by atoms with Crippen molar-refractivity contribution in [1.82, 2.24) is 4.31 Å². The first-order valence-corrected chi connectivity index (χ1v) is 8.39. The zero-order valence-electron chi connectivity index (χ0n) is 11.3. The lowest BCUT2D eigenvalue weighted by Gasteiger charge is -2.25. The number of rotatable bonds is 5. The van der Waals surface area contributed by atoms with Gasteiger partial charge in [-0.15, -0.1) is 0 Å². The smallest absolute Gasteiger partial charge is 0.214 e. The zero-order valence-corrected chi connectivity index (χ0v) is 12.1. The first-order chi connectivity index (χ1) is 9.04. The van der Waals surface area contributed by atoms with E-state index in [1.54, 1.807) is 4.31 Å². The second kappa shape index (κ2) is 6.03. The largest absolute Gasteiger partial charge is 0.329 e. The van der Waals surface area contributed by atoms with E-state index in [4.69, 9.17) is 5.73 Å². The van der Waals surface area contributed by atoms with E-state index in [2.05, 4.69) is 6.92 Å². The molecule has 0 saturated carbocycles. The highest BCUT2D eigenvalue weighted by Crippen LogP contribution is 2.26. The number of nitrogens with zero attached hydrogens (tertiary/aromatic N) is 1. The van der Waals surface area contributed by atoms with Crippen molar-refractivity contribution < 1.29 is 8.42 Å². The second-order valence-electron chi connectivity index (χ2n) is 5.23. The molecule has 1 aromatic carbocycles. The Morgan fingerprint density at radius 2 is 2.00 bits per heavy atom. The fourth-order valence-corrected chi connectivity index (χ4v) is 4.50. The number of sulfonamides is 1. The van der Waals surface area contributed by atoms with Crippen LogP contribution in [-0.4, -0.2) is 37.6 Å². The minimum atomic E-state index is -3.20. The van der Waals surface area contributed by atoms with Crippen LogP contribution < -0.4 is 5.73 Å². The summed E-state index contributed by atoms with van der Waals surface area (Å²) in [5.41, 5.74) is 6.77. The van der Waals surface area contributed by atoms with Crippen molar-refractivity contribution in [2.45, 2.75) is 25.8 Å². The third-order valence-electron chi connectivity index (χ3n) is 3.92. The molecule has 4 nitrogen and oxygen atoms in total. The molecular weight excluding hydrogens is 260 g/mol. The Morgan fingerprint density at radius 1 is 1.32 bits per heavy atom. The monoisotopic (exact) mass is 282 g/mol. The van der Waals surface area contributed by atoms with Crippen LogP contribution >= 0.6 is 0 Å². The van der Waals surface area contributed by atoms with E-state index in [0.717, 1.165) is 12.0 Å². The average molecular weight is 282 g/mol. The van der Waals surface area contributed by atoms with E-state index >= 15 is 0 Å². The van der Waals surface area contributed by atoms with Crippen molar-refractivity contribution in [3.63, 3.8) is 0 Å². The minimum Gasteiger partial charge on any atom is -0.329 e. The summed E-state index contributed by atoms with van der Waals surface area (Å²) in [6, 6.07) is 9.70. The van der Waals surface area contributed by atoms with Gasteiger partial charge in [-0.25, -0.2) is 8.42 Å². The maximum atomic E-state index is 12.4. The van der Waals surface area contributed by atoms with Crippen molar-refractivity contribution in [3.8, 4) is 0 Å². The zero-order chi connectivity index (χ0) is 13.9. The van der Waals surface area contributed by atoms with E-state index < -0.39 is 10.0 Å². The molecule has 1 aliphatic rings. The molecular formula is C14H22N2O2S. The topological polar surface area (TPSA) is 63.4 Å². The maximum Gasteiger partial charge on any atom is 0.214 e. The molecule has 1 heterocycles. The quantitative estimate of drug-likeness (QED) is 0.883. The van der Waals surface area contributed by atoms with Gasteiger partial charge in [-0.1, -0.05) is 37.3 Å². The summed E-state index contributed by atoms with van der Waals surface area (Å²) in [5.74, 6) is 0.525. The molecule has 1 aromatic rings. The number of hydrogen-bond acceptors (Lipinski definition) is 3. The lowest BCUT2D eigenvalue weighted by atomic mass is 10.0. The van der Waals surface area contributed by atoms with Gasteiger partial charge in [0.2, 0.25) is 10.0 Å². The lowest BCUT2D eigenvalue weighted by molar-refractivity contribution is 0.354. The predicted molar refractivity (Wildman–Crippen MR) is 77.3 cm³/mol. The van der Waals surface area contributed by atoms with Crippen molar-refractivity contribution in [2.24, 2.45) is 11.7 Å². The van der Waals surface area contributed by atoms with Gasteiger partial charge in [-0.3, -0.25) is 0 Å². The second-order valence-corrected chi connectivity index (χ2v) is 7.27. The molecule has 0 aromatic heterocycles. The van der Waals surface area contributed by atoms with Gasteiger partial charge in [0, 0.05) is 19.1 Å². The van der Waals surface area contributed by atoms with E-state index in [-0.39, 0.29) is 11.8 Å². The molecule has 2 unspecified atom stereocenters. The van der Waals surface area contributed by atoms with Crippen LogP contribution in [0.15, 0.2) is 30.3 Å². The average Bonchev–Trinajstić information content (AvgIpc) is 2.79. The highest BCUT2D eigenvalue weighted by atomic mass is 32.2. The van der Waals surface area contributed by atoms with Crippen molar-refractivity contribution in [3.05, 3.63) is 35.9 Å². The fraction of sp³-hybridized carbons (Fsp3) is 0.571. The molecule has 0 amide bonds. The van der Waals surface area contributed by atoms with E-state index in [1.165, 1.54) is 0 Å². The first kappa shape index (κ1) is 14.5. The molecule has 5 heteroatoms. The van der Waals surface area contributed by atoms with Crippen LogP contribution in [0.1, 0.15) is 18.9 Å². The van der Waals surface area contributed by atoms with Crippen LogP contribution in [0.5, 0.6) is 0 Å². The molecule has 0 aliphatic carbocycles. The summed E-state index contributed by atoms with van der Waals surface area (Å²) < 4.78 is 26.4. The van der Waals surface area contributed by atoms with Crippen LogP contribution in [0.3, 0.4) is 0 Å². The SMILES string of the molecule is CC1CCN(S(=O)(=O)CCc2ccccc2)C1CN. The summed E-state index contributed by atoms with van der Waals surface area (Å²) in [6.07, 6.45) is 1.47. The van der Waals surface area contributed by atoms with Gasteiger partial charge in [0.05, 0.1) is 5.75 Å². The van der Waals surface area contributed by atoms with Gasteiger partial charge >= 0.3 is 0 Å². The third-order valence-corrected chi connectivity index (χ3v) is 5.81. The summed E-state index contributed by atoms with van der Waals surface area (Å²) in [6.45, 7) is 3.09. The molecule has 106 valence electrons. The first-order valence-electron chi connectivity index (χ1n) is 6.78.